The number of ether oxygens (including phenoxy) is 1. The van der Waals surface area contributed by atoms with Crippen LogP contribution in [-0.4, -0.2) is 12.1 Å². The zero-order valence-corrected chi connectivity index (χ0v) is 11.3. The number of anilines is 1. The molecule has 0 saturated carbocycles. The summed E-state index contributed by atoms with van der Waals surface area (Å²) >= 11 is 0. The fourth-order valence-electron chi connectivity index (χ4n) is 2.19. The zero-order valence-electron chi connectivity index (χ0n) is 11.3. The molecule has 0 unspecified atom stereocenters. The summed E-state index contributed by atoms with van der Waals surface area (Å²) < 4.78 is 5.16. The Labute approximate surface area is 118 Å². The molecule has 0 atom stereocenters. The van der Waals surface area contributed by atoms with Crippen LogP contribution in [0.2, 0.25) is 0 Å². The molecule has 0 aliphatic heterocycles. The van der Waals surface area contributed by atoms with Crippen LogP contribution in [0.4, 0.5) is 5.69 Å². The highest BCUT2D eigenvalue weighted by atomic mass is 16.5. The van der Waals surface area contributed by atoms with Crippen LogP contribution in [0.15, 0.2) is 60.8 Å². The molecule has 3 aromatic rings. The predicted octanol–water partition coefficient (Wildman–Crippen LogP) is 3.86. The molecule has 0 bridgehead atoms. The summed E-state index contributed by atoms with van der Waals surface area (Å²) in [6.07, 6.45) is 1.82. The van der Waals surface area contributed by atoms with E-state index in [1.54, 1.807) is 7.11 Å². The Morgan fingerprint density at radius 2 is 1.80 bits per heavy atom. The fraction of sp³-hybridized carbons (Fsp3) is 0.118. The molecule has 3 rings (SSSR count). The maximum atomic E-state index is 5.16. The lowest BCUT2D eigenvalue weighted by atomic mass is 10.1. The van der Waals surface area contributed by atoms with E-state index in [4.69, 9.17) is 4.74 Å². The lowest BCUT2D eigenvalue weighted by Crippen LogP contribution is -2.00. The van der Waals surface area contributed by atoms with Crippen LogP contribution in [0.1, 0.15) is 5.56 Å². The van der Waals surface area contributed by atoms with Crippen molar-refractivity contribution in [2.75, 3.05) is 12.4 Å². The summed E-state index contributed by atoms with van der Waals surface area (Å²) in [5, 5.41) is 4.58. The number of nitrogens with zero attached hydrogens (tertiary/aromatic N) is 1. The maximum Gasteiger partial charge on any atom is 0.118 e. The smallest absolute Gasteiger partial charge is 0.118 e. The quantitative estimate of drug-likeness (QED) is 0.777. The van der Waals surface area contributed by atoms with E-state index in [0.717, 1.165) is 28.9 Å². The van der Waals surface area contributed by atoms with Gasteiger partial charge in [-0.2, -0.15) is 0 Å². The van der Waals surface area contributed by atoms with Gasteiger partial charge in [-0.3, -0.25) is 4.98 Å². The number of rotatable bonds is 4. The van der Waals surface area contributed by atoms with Crippen LogP contribution in [0.5, 0.6) is 5.75 Å². The van der Waals surface area contributed by atoms with Gasteiger partial charge >= 0.3 is 0 Å². The monoisotopic (exact) mass is 264 g/mol. The second-order valence-corrected chi connectivity index (χ2v) is 4.58. The van der Waals surface area contributed by atoms with E-state index >= 15 is 0 Å². The van der Waals surface area contributed by atoms with Gasteiger partial charge in [0, 0.05) is 18.1 Å². The first-order valence-corrected chi connectivity index (χ1v) is 6.57. The van der Waals surface area contributed by atoms with E-state index in [1.807, 2.05) is 30.5 Å². The van der Waals surface area contributed by atoms with Crippen molar-refractivity contribution in [3.63, 3.8) is 0 Å². The number of aromatic nitrogens is 1. The van der Waals surface area contributed by atoms with Crippen molar-refractivity contribution in [1.29, 1.82) is 0 Å². The maximum absolute atomic E-state index is 5.16. The first kappa shape index (κ1) is 12.5. The molecule has 0 fully saturated rings. The number of para-hydroxylation sites is 1. The SMILES string of the molecule is COc1ccc(CNc2cccc3cccnc23)cc1. The molecule has 2 aromatic carbocycles. The van der Waals surface area contributed by atoms with Crippen molar-refractivity contribution in [1.82, 2.24) is 4.98 Å². The molecule has 0 radical (unpaired) electrons. The summed E-state index contributed by atoms with van der Waals surface area (Å²) in [5.41, 5.74) is 3.26. The molecule has 1 aromatic heterocycles. The summed E-state index contributed by atoms with van der Waals surface area (Å²) in [5.74, 6) is 0.876. The number of pyridine rings is 1. The molecule has 20 heavy (non-hydrogen) atoms. The van der Waals surface area contributed by atoms with Gasteiger partial charge in [0.25, 0.3) is 0 Å². The molecule has 0 aliphatic rings. The summed E-state index contributed by atoms with van der Waals surface area (Å²) in [4.78, 5) is 4.44. The first-order valence-electron chi connectivity index (χ1n) is 6.57. The Kier molecular flexibility index (Phi) is 3.50. The van der Waals surface area contributed by atoms with Gasteiger partial charge in [-0.1, -0.05) is 30.3 Å². The van der Waals surface area contributed by atoms with Crippen LogP contribution in [0.25, 0.3) is 10.9 Å². The minimum Gasteiger partial charge on any atom is -0.497 e. The van der Waals surface area contributed by atoms with Gasteiger partial charge < -0.3 is 10.1 Å². The van der Waals surface area contributed by atoms with Crippen LogP contribution in [-0.2, 0) is 6.54 Å². The van der Waals surface area contributed by atoms with Crippen molar-refractivity contribution in [3.8, 4) is 5.75 Å². The summed E-state index contributed by atoms with van der Waals surface area (Å²) in [6.45, 7) is 0.764. The lowest BCUT2D eigenvalue weighted by Gasteiger charge is -2.09. The third-order valence-corrected chi connectivity index (χ3v) is 3.27. The van der Waals surface area contributed by atoms with Crippen molar-refractivity contribution in [2.24, 2.45) is 0 Å². The van der Waals surface area contributed by atoms with Gasteiger partial charge in [-0.25, -0.2) is 0 Å². The molecule has 3 nitrogen and oxygen atoms in total. The van der Waals surface area contributed by atoms with Crippen molar-refractivity contribution in [2.45, 2.75) is 6.54 Å². The highest BCUT2D eigenvalue weighted by molar-refractivity contribution is 5.90. The number of fused-ring (bicyclic) bond motifs is 1. The second kappa shape index (κ2) is 5.61. The Bertz CT molecular complexity index is 702. The topological polar surface area (TPSA) is 34.1 Å². The number of hydrogen-bond acceptors (Lipinski definition) is 3. The van der Waals surface area contributed by atoms with E-state index in [2.05, 4.69) is 40.6 Å². The average Bonchev–Trinajstić information content (AvgIpc) is 2.53. The van der Waals surface area contributed by atoms with Gasteiger partial charge in [0.2, 0.25) is 0 Å². The lowest BCUT2D eigenvalue weighted by molar-refractivity contribution is 0.414. The van der Waals surface area contributed by atoms with E-state index < -0.39 is 0 Å². The number of nitrogens with one attached hydrogen (secondary N) is 1. The minimum absolute atomic E-state index is 0.764. The third kappa shape index (κ3) is 2.57. The fourth-order valence-corrected chi connectivity index (χ4v) is 2.19. The number of hydrogen-bond donors (Lipinski definition) is 1. The standard InChI is InChI=1S/C17H16N2O/c1-20-15-9-7-13(8-10-15)12-19-16-6-2-4-14-5-3-11-18-17(14)16/h2-11,19H,12H2,1H3. The van der Waals surface area contributed by atoms with E-state index in [0.29, 0.717) is 0 Å². The van der Waals surface area contributed by atoms with Gasteiger partial charge in [0.1, 0.15) is 5.75 Å². The van der Waals surface area contributed by atoms with Gasteiger partial charge in [-0.15, -0.1) is 0 Å². The molecule has 0 saturated heterocycles. The van der Waals surface area contributed by atoms with E-state index in [9.17, 15) is 0 Å². The largest absolute Gasteiger partial charge is 0.497 e. The Balaban J connectivity index is 1.79. The molecular weight excluding hydrogens is 248 g/mol. The van der Waals surface area contributed by atoms with Crippen molar-refractivity contribution < 1.29 is 4.74 Å². The minimum atomic E-state index is 0.764. The second-order valence-electron chi connectivity index (χ2n) is 4.58. The molecular formula is C17H16N2O. The molecule has 3 heteroatoms. The average molecular weight is 264 g/mol. The Morgan fingerprint density at radius 1 is 1.00 bits per heavy atom. The number of benzene rings is 2. The van der Waals surface area contributed by atoms with E-state index in [1.165, 1.54) is 5.56 Å². The first-order chi connectivity index (χ1) is 9.86. The molecule has 0 amide bonds. The van der Waals surface area contributed by atoms with Crippen LogP contribution >= 0.6 is 0 Å². The van der Waals surface area contributed by atoms with Gasteiger partial charge in [0.05, 0.1) is 18.3 Å². The third-order valence-electron chi connectivity index (χ3n) is 3.27. The predicted molar refractivity (Wildman–Crippen MR) is 82.1 cm³/mol. The highest BCUT2D eigenvalue weighted by Gasteiger charge is 2.01. The van der Waals surface area contributed by atoms with E-state index in [-0.39, 0.29) is 0 Å². The molecule has 100 valence electrons. The van der Waals surface area contributed by atoms with Crippen LogP contribution in [0, 0.1) is 0 Å². The summed E-state index contributed by atoms with van der Waals surface area (Å²) in [6, 6.07) is 18.3. The highest BCUT2D eigenvalue weighted by Crippen LogP contribution is 2.21. The molecule has 0 aliphatic carbocycles. The van der Waals surface area contributed by atoms with Crippen molar-refractivity contribution >= 4 is 16.6 Å². The number of methoxy groups -OCH3 is 1. The van der Waals surface area contributed by atoms with Gasteiger partial charge in [-0.05, 0) is 29.8 Å². The molecule has 1 heterocycles. The molecule has 1 N–H and O–H groups in total. The normalized spacial score (nSPS) is 10.4. The van der Waals surface area contributed by atoms with Gasteiger partial charge in [0.15, 0.2) is 0 Å². The zero-order chi connectivity index (χ0) is 13.8. The van der Waals surface area contributed by atoms with Crippen LogP contribution in [0.3, 0.4) is 0 Å². The summed E-state index contributed by atoms with van der Waals surface area (Å²) in [7, 11) is 1.68. The molecule has 0 spiro atoms. The Hall–Kier alpha value is -2.55. The Morgan fingerprint density at radius 3 is 2.60 bits per heavy atom. The van der Waals surface area contributed by atoms with Crippen molar-refractivity contribution in [3.05, 3.63) is 66.4 Å². The van der Waals surface area contributed by atoms with Crippen LogP contribution < -0.4 is 10.1 Å².